The monoisotopic (exact) mass is 1350 g/mol. The molecule has 0 saturated carbocycles. The summed E-state index contributed by atoms with van der Waals surface area (Å²) in [6, 6.07) is 8.46. The number of imide groups is 1. The minimum absolute atomic E-state index is 0.00275. The molecule has 4 aliphatic rings. The van der Waals surface area contributed by atoms with Gasteiger partial charge in [-0.1, -0.05) is 51.5 Å². The minimum Gasteiger partial charge on any atom is -0.507 e. The van der Waals surface area contributed by atoms with Gasteiger partial charge < -0.3 is 80.0 Å². The van der Waals surface area contributed by atoms with Gasteiger partial charge in [0.15, 0.2) is 29.0 Å². The maximum atomic E-state index is 14.1. The highest BCUT2D eigenvalue weighted by Crippen LogP contribution is 2.61. The maximum absolute atomic E-state index is 14.1. The highest BCUT2D eigenvalue weighted by Gasteiger charge is 2.51. The number of likely N-dealkylation sites (tertiary alicyclic amines) is 1. The SMILES string of the molecule is COc1cccc2c1C(=O)c1c(O)c3c(c(O)c1C2=O)C[C@@](O)(C(=O)CO)CC3O[C@H]1C[C@H](NC(=O)OCc2ccc(NC(=O)[C@H](C)CC(=O)[C@@H](NC(=O)CCCCCN3C(=O)CC(SCCCSCC(P(=O)(O)O)P(=O)(O)O)C3=O)C(C)C)cc2)[C@H](O)[C@H](C)O1. The fourth-order valence-electron chi connectivity index (χ4n) is 11.3. The average molecular weight is 1350 g/mol. The zero-order chi connectivity index (χ0) is 67.0. The van der Waals surface area contributed by atoms with Gasteiger partial charge in [-0.2, -0.15) is 11.8 Å². The number of unbranched alkanes of at least 4 members (excludes halogenated alkanes) is 2. The number of alkyl carbamates (subject to hydrolysis) is 1. The Morgan fingerprint density at radius 2 is 1.56 bits per heavy atom. The number of hydrogen-bond donors (Lipinski definition) is 12. The third kappa shape index (κ3) is 17.4. The number of fused-ring (bicyclic) bond motifs is 3. The first-order chi connectivity index (χ1) is 42.8. The van der Waals surface area contributed by atoms with Crippen molar-refractivity contribution in [1.29, 1.82) is 0 Å². The number of thioether (sulfide) groups is 2. The number of Topliss-reactive ketones (excluding diaryl/α,β-unsaturated/α-hetero) is 2. The molecule has 0 bridgehead atoms. The number of carbonyl (C=O) groups excluding carboxylic acids is 9. The highest BCUT2D eigenvalue weighted by molar-refractivity contribution is 8.01. The minimum atomic E-state index is -5.02. The molecule has 32 heteroatoms. The molecule has 28 nitrogen and oxygen atoms in total. The Kier molecular flexibility index (Phi) is 24.4. The van der Waals surface area contributed by atoms with E-state index in [0.29, 0.717) is 48.4 Å². The van der Waals surface area contributed by atoms with E-state index in [1.165, 1.54) is 48.9 Å². The summed E-state index contributed by atoms with van der Waals surface area (Å²) in [5, 5.41) is 61.6. The molecule has 2 saturated heterocycles. The van der Waals surface area contributed by atoms with Gasteiger partial charge in [0.25, 0.3) is 0 Å². The van der Waals surface area contributed by atoms with E-state index in [4.69, 9.17) is 18.9 Å². The Morgan fingerprint density at radius 3 is 2.21 bits per heavy atom. The second kappa shape index (κ2) is 30.8. The number of aliphatic hydroxyl groups excluding tert-OH is 2. The number of nitrogens with zero attached hydrogens (tertiary/aromatic N) is 1. The van der Waals surface area contributed by atoms with Gasteiger partial charge >= 0.3 is 21.3 Å². The normalized spacial score (nSPS) is 22.2. The quantitative estimate of drug-likeness (QED) is 0.0153. The molecule has 2 aliphatic heterocycles. The van der Waals surface area contributed by atoms with Crippen molar-refractivity contribution in [3.05, 3.63) is 81.4 Å². The van der Waals surface area contributed by atoms with Gasteiger partial charge in [0, 0.05) is 79.1 Å². The summed E-state index contributed by atoms with van der Waals surface area (Å²) in [7, 11) is -8.76. The number of aliphatic hydroxyl groups is 3. The largest absolute Gasteiger partial charge is 0.507 e. The summed E-state index contributed by atoms with van der Waals surface area (Å²) < 4.78 is 45.9. The van der Waals surface area contributed by atoms with Gasteiger partial charge in [0.05, 0.1) is 53.3 Å². The fraction of sp³-hybridized carbons (Fsp3) is 0.542. The van der Waals surface area contributed by atoms with Crippen LogP contribution in [0.5, 0.6) is 17.2 Å². The Balaban J connectivity index is 0.840. The molecule has 9 atom stereocenters. The third-order valence-electron chi connectivity index (χ3n) is 16.2. The number of hydrogen-bond acceptors (Lipinski definition) is 22. The lowest BCUT2D eigenvalue weighted by molar-refractivity contribution is -0.249. The van der Waals surface area contributed by atoms with Crippen LogP contribution in [0.15, 0.2) is 42.5 Å². The van der Waals surface area contributed by atoms with Gasteiger partial charge in [-0.15, -0.1) is 11.8 Å². The molecule has 2 fully saturated rings. The molecule has 7 rings (SSSR count). The van der Waals surface area contributed by atoms with Crippen LogP contribution in [-0.2, 0) is 65.1 Å². The molecule has 2 heterocycles. The number of ketones is 4. The Hall–Kier alpha value is -6.11. The number of nitrogens with one attached hydrogen (secondary N) is 3. The van der Waals surface area contributed by atoms with E-state index in [9.17, 15) is 97.4 Å². The predicted molar refractivity (Wildman–Crippen MR) is 327 cm³/mol. The maximum Gasteiger partial charge on any atom is 0.407 e. The van der Waals surface area contributed by atoms with Gasteiger partial charge in [0.1, 0.15) is 42.2 Å². The molecule has 91 heavy (non-hydrogen) atoms. The summed E-state index contributed by atoms with van der Waals surface area (Å²) in [6.45, 7) is 5.29. The molecule has 0 radical (unpaired) electrons. The van der Waals surface area contributed by atoms with Gasteiger partial charge in [-0.05, 0) is 67.4 Å². The van der Waals surface area contributed by atoms with E-state index in [0.717, 1.165) is 11.8 Å². The topological polar surface area (TPSA) is 446 Å². The lowest BCUT2D eigenvalue weighted by Gasteiger charge is -2.42. The first-order valence-electron chi connectivity index (χ1n) is 29.3. The van der Waals surface area contributed by atoms with E-state index in [-0.39, 0.29) is 96.3 Å². The van der Waals surface area contributed by atoms with E-state index in [2.05, 4.69) is 16.0 Å². The van der Waals surface area contributed by atoms with Crippen molar-refractivity contribution in [2.45, 2.75) is 151 Å². The Morgan fingerprint density at radius 1 is 0.879 bits per heavy atom. The Bertz CT molecular complexity index is 3360. The van der Waals surface area contributed by atoms with Crippen molar-refractivity contribution >= 4 is 97.3 Å². The van der Waals surface area contributed by atoms with Crippen LogP contribution in [0.4, 0.5) is 10.5 Å². The van der Waals surface area contributed by atoms with E-state index < -0.39 is 151 Å². The lowest BCUT2D eigenvalue weighted by atomic mass is 9.72. The van der Waals surface area contributed by atoms with Gasteiger partial charge in [0.2, 0.25) is 29.4 Å². The smallest absolute Gasteiger partial charge is 0.407 e. The van der Waals surface area contributed by atoms with Crippen molar-refractivity contribution in [2.75, 3.05) is 42.8 Å². The summed E-state index contributed by atoms with van der Waals surface area (Å²) in [4.78, 5) is 158. The number of carbonyl (C=O) groups is 9. The highest BCUT2D eigenvalue weighted by atomic mass is 32.2. The Labute approximate surface area is 531 Å². The van der Waals surface area contributed by atoms with Crippen LogP contribution in [0.3, 0.4) is 0 Å². The number of phenols is 2. The van der Waals surface area contributed by atoms with Crippen molar-refractivity contribution in [3.8, 4) is 17.2 Å². The van der Waals surface area contributed by atoms with Crippen LogP contribution in [0.1, 0.15) is 140 Å². The number of anilines is 1. The summed E-state index contributed by atoms with van der Waals surface area (Å²) >= 11 is 2.23. The van der Waals surface area contributed by atoms with Crippen molar-refractivity contribution in [3.63, 3.8) is 0 Å². The molecular formula is C59H76N4O24P2S2. The first kappa shape index (κ1) is 72.3. The molecular weight excluding hydrogens is 1270 g/mol. The molecule has 3 aromatic carbocycles. The number of rotatable bonds is 30. The summed E-state index contributed by atoms with van der Waals surface area (Å²) in [5.41, 5.74) is -3.60. The average Bonchev–Trinajstić information content (AvgIpc) is 0.862. The van der Waals surface area contributed by atoms with Crippen LogP contribution in [0.25, 0.3) is 0 Å². The van der Waals surface area contributed by atoms with Crippen LogP contribution >= 0.6 is 38.7 Å². The second-order valence-corrected chi connectivity index (χ2v) is 29.7. The zero-order valence-corrected chi connectivity index (χ0v) is 53.9. The van der Waals surface area contributed by atoms with Crippen LogP contribution in [0, 0.1) is 11.8 Å². The zero-order valence-electron chi connectivity index (χ0n) is 50.4. The van der Waals surface area contributed by atoms with E-state index in [1.807, 2.05) is 0 Å². The molecule has 2 unspecified atom stereocenters. The van der Waals surface area contributed by atoms with E-state index >= 15 is 0 Å². The van der Waals surface area contributed by atoms with Crippen molar-refractivity contribution < 1.29 is 116 Å². The van der Waals surface area contributed by atoms with E-state index in [1.54, 1.807) is 45.0 Å². The van der Waals surface area contributed by atoms with Crippen LogP contribution in [-0.4, -0.2) is 187 Å². The third-order valence-corrected chi connectivity index (χ3v) is 22.9. The number of ether oxygens (including phenoxy) is 4. The first-order valence-corrected chi connectivity index (χ1v) is 34.9. The standard InChI is InChI=1S/C59H76N4O24P2S2/c1-29(2)50(62-42(67)13-7-6-8-18-63-43(68)23-40(57(63)75)91-20-10-19-90-28-45(88(78,79)80)89(81,82)83)37(65)21-30(3)56(74)60-33-16-14-32(15-17-33)27-85-58(76)61-36-22-44(86-31(4)51(36)69)87-39-25-59(77,41(66)26-64)24-35-47(39)55(73)49-48(53(35)71)52(70)34-11-9-12-38(84-5)46(34)54(49)72/h9,11-12,14-17,29-31,36,39-40,44-45,50-51,64,69,71,73,77H,6-8,10,13,18-28H2,1-5H3,(H,60,74)(H,61,76)(H,62,67)(H2,78,79,80)(H2,81,82,83)/t30-,31+,36+,39?,40?,44+,50+,51-,59+/m1/s1. The number of aromatic hydroxyl groups is 2. The van der Waals surface area contributed by atoms with Crippen molar-refractivity contribution in [1.82, 2.24) is 15.5 Å². The summed E-state index contributed by atoms with van der Waals surface area (Å²) in [6.07, 6.45) is -6.25. The number of amides is 5. The van der Waals surface area contributed by atoms with Crippen LogP contribution in [0.2, 0.25) is 0 Å². The molecule has 3 aromatic rings. The van der Waals surface area contributed by atoms with Crippen LogP contribution < -0.4 is 20.7 Å². The predicted octanol–water partition coefficient (Wildman–Crippen LogP) is 3.87. The number of methoxy groups -OCH3 is 1. The summed E-state index contributed by atoms with van der Waals surface area (Å²) in [5.74, 6) is -7.12. The molecule has 0 spiro atoms. The molecule has 5 amide bonds. The second-order valence-electron chi connectivity index (χ2n) is 23.2. The molecule has 498 valence electrons. The van der Waals surface area contributed by atoms with Gasteiger partial charge in [-0.25, -0.2) is 4.79 Å². The van der Waals surface area contributed by atoms with Crippen molar-refractivity contribution in [2.24, 2.45) is 11.8 Å². The fourth-order valence-corrected chi connectivity index (χ4v) is 17.0. The number of phenolic OH excluding ortho intramolecular Hbond substituents is 2. The molecule has 2 aliphatic carbocycles. The van der Waals surface area contributed by atoms with Gasteiger partial charge in [-0.3, -0.25) is 52.4 Å². The lowest BCUT2D eigenvalue weighted by Crippen LogP contribution is -2.56. The number of benzene rings is 3. The molecule has 0 aromatic heterocycles. The molecule has 12 N–H and O–H groups in total.